The Morgan fingerprint density at radius 1 is 1.10 bits per heavy atom. The van der Waals surface area contributed by atoms with E-state index in [1.807, 2.05) is 0 Å². The molecule has 0 spiro atoms. The monoisotopic (exact) mass is 149 g/mol. The van der Waals surface area contributed by atoms with Gasteiger partial charge < -0.3 is 20.6 Å². The molecule has 4 heteroatoms. The molecule has 0 atom stereocenters. The first-order chi connectivity index (χ1) is 4.85. The quantitative estimate of drug-likeness (QED) is 0.340. The molecule has 0 aromatic rings. The lowest BCUT2D eigenvalue weighted by molar-refractivity contribution is 0.168. The van der Waals surface area contributed by atoms with Crippen LogP contribution in [0, 0.1) is 0 Å². The van der Waals surface area contributed by atoms with Gasteiger partial charge in [0.05, 0.1) is 19.3 Å². The van der Waals surface area contributed by atoms with E-state index < -0.39 is 0 Å². The van der Waals surface area contributed by atoms with Gasteiger partial charge in [0.1, 0.15) is 0 Å². The summed E-state index contributed by atoms with van der Waals surface area (Å²) >= 11 is 0. The van der Waals surface area contributed by atoms with Crippen molar-refractivity contribution >= 4 is 0 Å². The number of rotatable bonds is 6. The van der Waals surface area contributed by atoms with Crippen molar-refractivity contribution < 1.29 is 15.3 Å². The van der Waals surface area contributed by atoms with E-state index in [1.54, 1.807) is 0 Å². The molecule has 0 fully saturated rings. The van der Waals surface area contributed by atoms with Crippen molar-refractivity contribution in [1.29, 1.82) is 0 Å². The van der Waals surface area contributed by atoms with E-state index in [2.05, 4.69) is 5.32 Å². The third-order valence-electron chi connectivity index (χ3n) is 1.21. The highest BCUT2D eigenvalue weighted by Crippen LogP contribution is 1.80. The number of hydrogen-bond donors (Lipinski definition) is 4. The van der Waals surface area contributed by atoms with Crippen molar-refractivity contribution in [3.05, 3.63) is 0 Å². The van der Waals surface area contributed by atoms with Crippen molar-refractivity contribution in [2.75, 3.05) is 26.4 Å². The van der Waals surface area contributed by atoms with Gasteiger partial charge in [-0.1, -0.05) is 0 Å². The van der Waals surface area contributed by atoms with E-state index in [0.29, 0.717) is 13.0 Å². The van der Waals surface area contributed by atoms with E-state index in [-0.39, 0.29) is 25.9 Å². The Hall–Kier alpha value is -0.160. The number of aliphatic hydroxyl groups excluding tert-OH is 3. The first-order valence-electron chi connectivity index (χ1n) is 3.41. The number of hydrogen-bond acceptors (Lipinski definition) is 4. The molecule has 0 aliphatic carbocycles. The van der Waals surface area contributed by atoms with Crippen LogP contribution in [0.2, 0.25) is 0 Å². The summed E-state index contributed by atoms with van der Waals surface area (Å²) in [7, 11) is 0. The zero-order valence-corrected chi connectivity index (χ0v) is 5.95. The highest BCUT2D eigenvalue weighted by molar-refractivity contribution is 4.62. The Balaban J connectivity index is 3.09. The van der Waals surface area contributed by atoms with Gasteiger partial charge >= 0.3 is 0 Å². The summed E-state index contributed by atoms with van der Waals surface area (Å²) in [6.07, 6.45) is 0.649. The molecule has 0 radical (unpaired) electrons. The van der Waals surface area contributed by atoms with E-state index in [9.17, 15) is 0 Å². The Kier molecular flexibility index (Phi) is 6.84. The second-order valence-electron chi connectivity index (χ2n) is 2.09. The fraction of sp³-hybridized carbons (Fsp3) is 1.00. The molecule has 0 saturated carbocycles. The lowest BCUT2D eigenvalue weighted by Crippen LogP contribution is -2.36. The molecular weight excluding hydrogens is 134 g/mol. The van der Waals surface area contributed by atoms with Crippen molar-refractivity contribution in [2.45, 2.75) is 12.5 Å². The molecule has 10 heavy (non-hydrogen) atoms. The first-order valence-corrected chi connectivity index (χ1v) is 3.41. The minimum atomic E-state index is -0.244. The lowest BCUT2D eigenvalue weighted by atomic mass is 10.3. The summed E-state index contributed by atoms with van der Waals surface area (Å²) in [6.45, 7) is 0.628. The second-order valence-corrected chi connectivity index (χ2v) is 2.09. The van der Waals surface area contributed by atoms with Crippen molar-refractivity contribution in [2.24, 2.45) is 0 Å². The molecule has 0 saturated heterocycles. The molecule has 4 N–H and O–H groups in total. The largest absolute Gasteiger partial charge is 0.396 e. The SMILES string of the molecule is OCCCNC(CO)CO. The van der Waals surface area contributed by atoms with E-state index in [0.717, 1.165) is 0 Å². The Morgan fingerprint density at radius 2 is 1.70 bits per heavy atom. The van der Waals surface area contributed by atoms with Gasteiger partial charge in [0, 0.05) is 6.61 Å². The summed E-state index contributed by atoms with van der Waals surface area (Å²) in [6, 6.07) is -0.244. The van der Waals surface area contributed by atoms with Crippen molar-refractivity contribution in [1.82, 2.24) is 5.32 Å². The number of aliphatic hydroxyl groups is 3. The van der Waals surface area contributed by atoms with Gasteiger partial charge in [-0.15, -0.1) is 0 Å². The highest BCUT2D eigenvalue weighted by atomic mass is 16.3. The normalized spacial score (nSPS) is 10.8. The summed E-state index contributed by atoms with van der Waals surface area (Å²) in [5, 5.41) is 28.3. The summed E-state index contributed by atoms with van der Waals surface area (Å²) in [4.78, 5) is 0. The highest BCUT2D eigenvalue weighted by Gasteiger charge is 2.01. The molecule has 62 valence electrons. The van der Waals surface area contributed by atoms with Crippen molar-refractivity contribution in [3.63, 3.8) is 0 Å². The van der Waals surface area contributed by atoms with Gasteiger partial charge in [0.2, 0.25) is 0 Å². The van der Waals surface area contributed by atoms with E-state index >= 15 is 0 Å². The molecule has 0 aromatic heterocycles. The Morgan fingerprint density at radius 3 is 2.10 bits per heavy atom. The average Bonchev–Trinajstić information content (AvgIpc) is 1.99. The summed E-state index contributed by atoms with van der Waals surface area (Å²) in [5.41, 5.74) is 0. The second kappa shape index (κ2) is 6.95. The smallest absolute Gasteiger partial charge is 0.0607 e. The lowest BCUT2D eigenvalue weighted by Gasteiger charge is -2.11. The number of nitrogens with one attached hydrogen (secondary N) is 1. The van der Waals surface area contributed by atoms with Crippen LogP contribution in [0.15, 0.2) is 0 Å². The molecule has 0 aliphatic heterocycles. The zero-order chi connectivity index (χ0) is 7.82. The van der Waals surface area contributed by atoms with Crippen LogP contribution in [-0.2, 0) is 0 Å². The molecule has 0 amide bonds. The van der Waals surface area contributed by atoms with Crippen LogP contribution < -0.4 is 5.32 Å². The molecule has 0 unspecified atom stereocenters. The molecule has 0 rings (SSSR count). The molecule has 0 heterocycles. The molecule has 4 nitrogen and oxygen atoms in total. The van der Waals surface area contributed by atoms with Crippen LogP contribution in [0.1, 0.15) is 6.42 Å². The fourth-order valence-electron chi connectivity index (χ4n) is 0.572. The topological polar surface area (TPSA) is 72.7 Å². The maximum Gasteiger partial charge on any atom is 0.0607 e. The van der Waals surface area contributed by atoms with Gasteiger partial charge in [-0.2, -0.15) is 0 Å². The summed E-state index contributed by atoms with van der Waals surface area (Å²) in [5.74, 6) is 0. The third kappa shape index (κ3) is 4.69. The maximum absolute atomic E-state index is 8.54. The zero-order valence-electron chi connectivity index (χ0n) is 5.95. The predicted molar refractivity (Wildman–Crippen MR) is 37.7 cm³/mol. The fourth-order valence-corrected chi connectivity index (χ4v) is 0.572. The maximum atomic E-state index is 8.54. The van der Waals surface area contributed by atoms with Gasteiger partial charge in [0.25, 0.3) is 0 Å². The molecular formula is C6H15NO3. The predicted octanol–water partition coefficient (Wildman–Crippen LogP) is -1.69. The van der Waals surface area contributed by atoms with Crippen LogP contribution in [0.5, 0.6) is 0 Å². The van der Waals surface area contributed by atoms with Crippen molar-refractivity contribution in [3.8, 4) is 0 Å². The van der Waals surface area contributed by atoms with Gasteiger partial charge in [-0.3, -0.25) is 0 Å². The minimum absolute atomic E-state index is 0.0675. The minimum Gasteiger partial charge on any atom is -0.396 e. The van der Waals surface area contributed by atoms with Crippen LogP contribution in [0.3, 0.4) is 0 Å². The first kappa shape index (κ1) is 9.84. The molecule has 0 aliphatic rings. The molecule has 0 bridgehead atoms. The van der Waals surface area contributed by atoms with Crippen LogP contribution in [0.25, 0.3) is 0 Å². The third-order valence-corrected chi connectivity index (χ3v) is 1.21. The Labute approximate surface area is 60.5 Å². The van der Waals surface area contributed by atoms with Crippen LogP contribution in [-0.4, -0.2) is 47.7 Å². The summed E-state index contributed by atoms with van der Waals surface area (Å²) < 4.78 is 0. The average molecular weight is 149 g/mol. The van der Waals surface area contributed by atoms with Gasteiger partial charge in [-0.25, -0.2) is 0 Å². The van der Waals surface area contributed by atoms with E-state index in [1.165, 1.54) is 0 Å². The standard InChI is InChI=1S/C6H15NO3/c8-3-1-2-7-6(4-9)5-10/h6-10H,1-5H2. The van der Waals surface area contributed by atoms with Gasteiger partial charge in [0.15, 0.2) is 0 Å². The van der Waals surface area contributed by atoms with Gasteiger partial charge in [-0.05, 0) is 13.0 Å². The van der Waals surface area contributed by atoms with E-state index in [4.69, 9.17) is 15.3 Å². The van der Waals surface area contributed by atoms with Crippen LogP contribution in [0.4, 0.5) is 0 Å². The molecule has 0 aromatic carbocycles. The van der Waals surface area contributed by atoms with Crippen LogP contribution >= 0.6 is 0 Å². The Bertz CT molecular complexity index is 66.0.